The van der Waals surface area contributed by atoms with Crippen molar-refractivity contribution in [3.63, 3.8) is 0 Å². The molecule has 0 bridgehead atoms. The van der Waals surface area contributed by atoms with Gasteiger partial charge in [-0.2, -0.15) is 0 Å². The highest BCUT2D eigenvalue weighted by Gasteiger charge is 2.18. The molecule has 1 unspecified atom stereocenters. The van der Waals surface area contributed by atoms with Gasteiger partial charge in [0.15, 0.2) is 6.10 Å². The van der Waals surface area contributed by atoms with E-state index in [4.69, 9.17) is 42.1 Å². The molecule has 0 aromatic heterocycles. The van der Waals surface area contributed by atoms with E-state index in [-0.39, 0.29) is 13.0 Å². The number of carbonyl (C=O) groups excluding carboxylic acids is 1. The lowest BCUT2D eigenvalue weighted by Crippen LogP contribution is -2.37. The van der Waals surface area contributed by atoms with Crippen LogP contribution in [-0.2, 0) is 16.0 Å². The summed E-state index contributed by atoms with van der Waals surface area (Å²) in [7, 11) is 0. The second-order valence-corrected chi connectivity index (χ2v) is 10.2. The topological polar surface area (TPSA) is 94.5 Å². The lowest BCUT2D eigenvalue weighted by molar-refractivity contribution is -0.149. The molecule has 0 saturated carbocycles. The second-order valence-electron chi connectivity index (χ2n) is 9.31. The van der Waals surface area contributed by atoms with Crippen LogP contribution in [0.5, 0.6) is 17.2 Å². The minimum Gasteiger partial charge on any atom is -0.493 e. The minimum atomic E-state index is -0.995. The molecule has 0 aliphatic heterocycles. The van der Waals surface area contributed by atoms with E-state index in [0.29, 0.717) is 66.4 Å². The van der Waals surface area contributed by atoms with Gasteiger partial charge in [0, 0.05) is 29.6 Å². The molecular weight excluding hydrogens is 569 g/mol. The fourth-order valence-corrected chi connectivity index (χ4v) is 4.48. The van der Waals surface area contributed by atoms with Crippen LogP contribution in [0, 0.1) is 6.92 Å². The summed E-state index contributed by atoms with van der Waals surface area (Å²) in [5.41, 5.74) is 1.81. The lowest BCUT2D eigenvalue weighted by atomic mass is 10.1. The molecule has 0 saturated heterocycles. The average Bonchev–Trinajstić information content (AvgIpc) is 2.92. The Kier molecular flexibility index (Phi) is 13.1. The number of amides is 1. The fourth-order valence-electron chi connectivity index (χ4n) is 3.97. The van der Waals surface area contributed by atoms with Crippen LogP contribution in [-0.4, -0.2) is 61.1 Å². The van der Waals surface area contributed by atoms with Crippen molar-refractivity contribution in [3.05, 3.63) is 87.9 Å². The van der Waals surface area contributed by atoms with E-state index in [1.54, 1.807) is 66.4 Å². The third kappa shape index (κ3) is 11.5. The highest BCUT2D eigenvalue weighted by molar-refractivity contribution is 6.34. The first-order valence-corrected chi connectivity index (χ1v) is 14.2. The first-order chi connectivity index (χ1) is 19.7. The number of carboxylic acid groups (broad SMARTS) is 1. The van der Waals surface area contributed by atoms with Crippen LogP contribution >= 0.6 is 23.2 Å². The zero-order valence-corrected chi connectivity index (χ0v) is 24.7. The van der Waals surface area contributed by atoms with Crippen LogP contribution in [0.15, 0.2) is 66.7 Å². The minimum absolute atomic E-state index is 0.247. The third-order valence-electron chi connectivity index (χ3n) is 6.00. The molecule has 3 aromatic rings. The predicted molar refractivity (Wildman–Crippen MR) is 159 cm³/mol. The van der Waals surface area contributed by atoms with Crippen molar-refractivity contribution in [1.82, 2.24) is 4.90 Å². The van der Waals surface area contributed by atoms with Gasteiger partial charge in [-0.3, -0.25) is 0 Å². The Morgan fingerprint density at radius 2 is 1.56 bits per heavy atom. The van der Waals surface area contributed by atoms with Crippen molar-refractivity contribution >= 4 is 35.3 Å². The highest BCUT2D eigenvalue weighted by Crippen LogP contribution is 2.24. The number of ether oxygens (including phenoxy) is 4. The molecule has 0 aliphatic carbocycles. The third-order valence-corrected chi connectivity index (χ3v) is 6.43. The Labute approximate surface area is 250 Å². The smallest absolute Gasteiger partial charge is 0.415 e. The molecule has 1 atom stereocenters. The van der Waals surface area contributed by atoms with Crippen molar-refractivity contribution < 1.29 is 33.6 Å². The summed E-state index contributed by atoms with van der Waals surface area (Å²) >= 11 is 12.1. The van der Waals surface area contributed by atoms with Gasteiger partial charge in [-0.05, 0) is 80.3 Å². The van der Waals surface area contributed by atoms with Crippen molar-refractivity contribution in [1.29, 1.82) is 0 Å². The second kappa shape index (κ2) is 16.7. The Morgan fingerprint density at radius 3 is 2.22 bits per heavy atom. The normalized spacial score (nSPS) is 11.5. The summed E-state index contributed by atoms with van der Waals surface area (Å²) in [5.74, 6) is 0.682. The van der Waals surface area contributed by atoms with Crippen molar-refractivity contribution in [3.8, 4) is 17.2 Å². The van der Waals surface area contributed by atoms with Crippen LogP contribution in [0.2, 0.25) is 10.0 Å². The molecule has 1 amide bonds. The molecular formula is C31H35Cl2NO7. The summed E-state index contributed by atoms with van der Waals surface area (Å²) in [4.78, 5) is 26.0. The maximum Gasteiger partial charge on any atom is 0.415 e. The maximum absolute atomic E-state index is 13.0. The van der Waals surface area contributed by atoms with Gasteiger partial charge in [-0.15, -0.1) is 0 Å². The monoisotopic (exact) mass is 603 g/mol. The molecule has 10 heteroatoms. The molecule has 0 fully saturated rings. The van der Waals surface area contributed by atoms with Gasteiger partial charge in [0.25, 0.3) is 0 Å². The molecule has 0 heterocycles. The number of benzene rings is 3. The van der Waals surface area contributed by atoms with Gasteiger partial charge >= 0.3 is 12.1 Å². The number of aryl methyl sites for hydroxylation is 1. The highest BCUT2D eigenvalue weighted by atomic mass is 35.5. The lowest BCUT2D eigenvalue weighted by Gasteiger charge is -2.22. The number of unbranched alkanes of at least 4 members (excludes halogenated alkanes) is 1. The molecule has 0 spiro atoms. The molecule has 8 nitrogen and oxygen atoms in total. The largest absolute Gasteiger partial charge is 0.493 e. The average molecular weight is 605 g/mol. The quantitative estimate of drug-likeness (QED) is 0.175. The van der Waals surface area contributed by atoms with E-state index in [1.165, 1.54) is 0 Å². The number of carboxylic acids is 1. The molecule has 3 rings (SSSR count). The zero-order valence-electron chi connectivity index (χ0n) is 23.2. The van der Waals surface area contributed by atoms with Crippen LogP contribution in [0.25, 0.3) is 0 Å². The zero-order chi connectivity index (χ0) is 29.6. The van der Waals surface area contributed by atoms with Gasteiger partial charge in [-0.25, -0.2) is 9.59 Å². The Bertz CT molecular complexity index is 1250. The van der Waals surface area contributed by atoms with Crippen molar-refractivity contribution in [2.75, 3.05) is 32.9 Å². The number of hydrogen-bond acceptors (Lipinski definition) is 6. The van der Waals surface area contributed by atoms with Crippen molar-refractivity contribution in [2.45, 2.75) is 39.2 Å². The first kappa shape index (κ1) is 32.1. The van der Waals surface area contributed by atoms with Gasteiger partial charge in [-0.1, -0.05) is 47.5 Å². The number of nitrogens with zero attached hydrogens (tertiary/aromatic N) is 1. The van der Waals surface area contributed by atoms with E-state index in [9.17, 15) is 14.7 Å². The summed E-state index contributed by atoms with van der Waals surface area (Å²) in [5, 5.41) is 10.3. The number of aliphatic carboxylic acids is 1. The van der Waals surface area contributed by atoms with Gasteiger partial charge in [0.2, 0.25) is 0 Å². The molecule has 0 aliphatic rings. The van der Waals surface area contributed by atoms with Crippen molar-refractivity contribution in [2.24, 2.45) is 0 Å². The van der Waals surface area contributed by atoms with E-state index in [0.717, 1.165) is 11.1 Å². The summed E-state index contributed by atoms with van der Waals surface area (Å²) in [6.45, 7) is 5.45. The number of rotatable bonds is 16. The first-order valence-electron chi connectivity index (χ1n) is 13.4. The standard InChI is InChI=1S/C31H35Cl2NO7/c1-3-38-29(30(35)36)18-23-9-11-26(12-10-23)40-16-14-34(31(37)41-27-8-6-7-22(2)17-27)13-4-5-15-39-28-20-24(32)19-25(33)21-28/h6-12,17,19-21,29H,3-5,13-16,18H2,1-2H3,(H,35,36). The Morgan fingerprint density at radius 1 is 0.854 bits per heavy atom. The number of hydrogen-bond donors (Lipinski definition) is 1. The van der Waals surface area contributed by atoms with Crippen LogP contribution < -0.4 is 14.2 Å². The molecule has 41 heavy (non-hydrogen) atoms. The van der Waals surface area contributed by atoms with Crippen LogP contribution in [0.4, 0.5) is 4.79 Å². The molecule has 220 valence electrons. The summed E-state index contributed by atoms with van der Waals surface area (Å²) in [6.07, 6.45) is 0.271. The predicted octanol–water partition coefficient (Wildman–Crippen LogP) is 7.07. The summed E-state index contributed by atoms with van der Waals surface area (Å²) in [6, 6.07) is 19.5. The van der Waals surface area contributed by atoms with E-state index in [2.05, 4.69) is 0 Å². The molecule has 0 radical (unpaired) electrons. The Balaban J connectivity index is 1.52. The number of carbonyl (C=O) groups is 2. The van der Waals surface area contributed by atoms with Gasteiger partial charge < -0.3 is 29.0 Å². The molecule has 1 N–H and O–H groups in total. The maximum atomic E-state index is 13.0. The Hall–Kier alpha value is -3.46. The van der Waals surface area contributed by atoms with Crippen LogP contribution in [0.1, 0.15) is 30.9 Å². The van der Waals surface area contributed by atoms with E-state index < -0.39 is 18.2 Å². The van der Waals surface area contributed by atoms with Crippen LogP contribution in [0.3, 0.4) is 0 Å². The van der Waals surface area contributed by atoms with Gasteiger partial charge in [0.1, 0.15) is 23.9 Å². The number of halogens is 2. The SMILES string of the molecule is CCOC(Cc1ccc(OCCN(CCCCOc2cc(Cl)cc(Cl)c2)C(=O)Oc2cccc(C)c2)cc1)C(=O)O. The van der Waals surface area contributed by atoms with E-state index in [1.807, 2.05) is 19.1 Å². The molecule has 3 aromatic carbocycles. The summed E-state index contributed by atoms with van der Waals surface area (Å²) < 4.78 is 22.5. The van der Waals surface area contributed by atoms with E-state index >= 15 is 0 Å². The van der Waals surface area contributed by atoms with Gasteiger partial charge in [0.05, 0.1) is 13.2 Å². The fraction of sp³-hybridized carbons (Fsp3) is 0.355.